The third kappa shape index (κ3) is 8.77. The Bertz CT molecular complexity index is 1790. The largest absolute Gasteiger partial charge is 0.471 e. The zero-order chi connectivity index (χ0) is 35.6. The minimum Gasteiger partial charge on any atom is -0.471 e. The van der Waals surface area contributed by atoms with Crippen LogP contribution in [-0.2, 0) is 23.7 Å². The molecule has 0 aliphatic rings. The normalized spacial score (nSPS) is 13.0. The third-order valence-electron chi connectivity index (χ3n) is 6.17. The van der Waals surface area contributed by atoms with Gasteiger partial charge in [-0.15, -0.1) is 0 Å². The number of H-pyrrole nitrogens is 1. The number of imidazole rings is 1. The standard InChI is InChI=1S/C27H19F11N6O4/c28-18(29)10-48-23-14(21(46)40-13-4-2-12(3-5-13)25(30,31)32)8-17-20(43-23)44-24(42-17)41-16-7-11(1-6-15(16)26(33,34)35)9-39-22(47)19(45)27(36,37)38/h1-8,18-19,45H,9-10H2,(H,39,47)(H,40,46)(H2,41,42,43,44). The van der Waals surface area contributed by atoms with E-state index < -0.39 is 90.2 Å². The van der Waals surface area contributed by atoms with Gasteiger partial charge in [-0.2, -0.15) is 49.5 Å². The number of benzene rings is 2. The molecule has 10 nitrogen and oxygen atoms in total. The van der Waals surface area contributed by atoms with E-state index in [0.717, 1.165) is 30.3 Å². The maximum absolute atomic E-state index is 13.8. The molecule has 4 rings (SSSR count). The molecule has 0 saturated carbocycles. The number of carbonyl (C=O) groups is 2. The molecule has 0 fully saturated rings. The summed E-state index contributed by atoms with van der Waals surface area (Å²) in [6.07, 6.45) is -21.4. The Labute approximate surface area is 260 Å². The average Bonchev–Trinajstić information content (AvgIpc) is 3.37. The number of hydrogen-bond donors (Lipinski definition) is 5. The molecule has 4 aromatic rings. The van der Waals surface area contributed by atoms with E-state index in [1.807, 2.05) is 0 Å². The van der Waals surface area contributed by atoms with Gasteiger partial charge in [0.2, 0.25) is 17.9 Å². The van der Waals surface area contributed by atoms with Crippen LogP contribution in [0.2, 0.25) is 0 Å². The van der Waals surface area contributed by atoms with Crippen LogP contribution in [0.4, 0.5) is 65.6 Å². The predicted octanol–water partition coefficient (Wildman–Crippen LogP) is 6.17. The van der Waals surface area contributed by atoms with E-state index in [4.69, 9.17) is 9.84 Å². The third-order valence-corrected chi connectivity index (χ3v) is 6.17. The number of halogens is 11. The van der Waals surface area contributed by atoms with Crippen LogP contribution in [0.25, 0.3) is 11.2 Å². The first kappa shape index (κ1) is 35.6. The Morgan fingerprint density at radius 3 is 2.15 bits per heavy atom. The fraction of sp³-hybridized carbons (Fsp3) is 0.259. The van der Waals surface area contributed by atoms with Crippen molar-refractivity contribution in [2.45, 2.75) is 37.6 Å². The number of aliphatic hydroxyl groups excluding tert-OH is 1. The highest BCUT2D eigenvalue weighted by Gasteiger charge is 2.43. The highest BCUT2D eigenvalue weighted by molar-refractivity contribution is 6.07. The van der Waals surface area contributed by atoms with Crippen molar-refractivity contribution in [3.8, 4) is 5.88 Å². The molecule has 1 unspecified atom stereocenters. The van der Waals surface area contributed by atoms with E-state index in [1.54, 1.807) is 5.32 Å². The Balaban J connectivity index is 1.64. The number of amides is 2. The van der Waals surface area contributed by atoms with Gasteiger partial charge in [-0.25, -0.2) is 8.78 Å². The van der Waals surface area contributed by atoms with Crippen molar-refractivity contribution in [2.24, 2.45) is 0 Å². The summed E-state index contributed by atoms with van der Waals surface area (Å²) in [4.78, 5) is 34.8. The second-order valence-corrected chi connectivity index (χ2v) is 9.69. The zero-order valence-electron chi connectivity index (χ0n) is 23.4. The summed E-state index contributed by atoms with van der Waals surface area (Å²) < 4.78 is 148. The minimum absolute atomic E-state index is 0.136. The lowest BCUT2D eigenvalue weighted by molar-refractivity contribution is -0.205. The van der Waals surface area contributed by atoms with E-state index in [0.29, 0.717) is 18.2 Å². The number of aromatic nitrogens is 3. The zero-order valence-corrected chi connectivity index (χ0v) is 23.4. The molecule has 2 aromatic carbocycles. The van der Waals surface area contributed by atoms with Crippen molar-refractivity contribution < 1.29 is 67.7 Å². The molecule has 48 heavy (non-hydrogen) atoms. The van der Waals surface area contributed by atoms with E-state index in [1.165, 1.54) is 0 Å². The predicted molar refractivity (Wildman–Crippen MR) is 143 cm³/mol. The van der Waals surface area contributed by atoms with Crippen LogP contribution < -0.4 is 20.7 Å². The number of ether oxygens (including phenoxy) is 1. The van der Waals surface area contributed by atoms with Crippen LogP contribution in [-0.4, -0.2) is 57.2 Å². The van der Waals surface area contributed by atoms with Crippen LogP contribution in [0.15, 0.2) is 48.5 Å². The number of nitrogens with one attached hydrogen (secondary N) is 4. The first-order valence-electron chi connectivity index (χ1n) is 13.0. The fourth-order valence-corrected chi connectivity index (χ4v) is 3.95. The van der Waals surface area contributed by atoms with Gasteiger partial charge in [-0.1, -0.05) is 6.07 Å². The van der Waals surface area contributed by atoms with Crippen LogP contribution in [0.3, 0.4) is 0 Å². The molecule has 258 valence electrons. The molecule has 0 saturated heterocycles. The first-order chi connectivity index (χ1) is 22.2. The number of fused-ring (bicyclic) bond motifs is 1. The van der Waals surface area contributed by atoms with Crippen molar-refractivity contribution >= 4 is 40.3 Å². The molecule has 2 heterocycles. The maximum Gasteiger partial charge on any atom is 0.423 e. The Morgan fingerprint density at radius 2 is 1.56 bits per heavy atom. The number of carbonyl (C=O) groups excluding carboxylic acids is 2. The van der Waals surface area contributed by atoms with Crippen molar-refractivity contribution in [1.82, 2.24) is 20.3 Å². The molecule has 0 aliphatic heterocycles. The molecule has 21 heteroatoms. The molecule has 0 spiro atoms. The molecular weight excluding hydrogens is 681 g/mol. The molecule has 5 N–H and O–H groups in total. The smallest absolute Gasteiger partial charge is 0.423 e. The van der Waals surface area contributed by atoms with Crippen molar-refractivity contribution in [2.75, 3.05) is 17.2 Å². The second kappa shape index (κ2) is 13.5. The SMILES string of the molecule is O=C(Nc1ccc(C(F)(F)F)cc1)c1cc2[nH]c(Nc3cc(CNC(=O)C(O)C(F)(F)F)ccc3C(F)(F)F)nc2nc1OCC(F)F. The van der Waals surface area contributed by atoms with Gasteiger partial charge in [-0.05, 0) is 48.0 Å². The lowest BCUT2D eigenvalue weighted by Gasteiger charge is -2.16. The number of nitrogens with zero attached hydrogens (tertiary/aromatic N) is 2. The van der Waals surface area contributed by atoms with Crippen molar-refractivity contribution in [3.05, 3.63) is 70.8 Å². The molecular formula is C27H19F11N6O4. The topological polar surface area (TPSA) is 141 Å². The Hall–Kier alpha value is -5.21. The summed E-state index contributed by atoms with van der Waals surface area (Å²) in [7, 11) is 0. The van der Waals surface area contributed by atoms with Gasteiger partial charge in [0.05, 0.1) is 22.3 Å². The highest BCUT2D eigenvalue weighted by Crippen LogP contribution is 2.37. The summed E-state index contributed by atoms with van der Waals surface area (Å²) in [5.41, 5.74) is -4.35. The summed E-state index contributed by atoms with van der Waals surface area (Å²) in [6.45, 7) is -1.99. The minimum atomic E-state index is -5.29. The van der Waals surface area contributed by atoms with Crippen LogP contribution >= 0.6 is 0 Å². The monoisotopic (exact) mass is 700 g/mol. The number of anilines is 3. The molecule has 0 radical (unpaired) electrons. The van der Waals surface area contributed by atoms with Gasteiger partial charge in [0.15, 0.2) is 12.3 Å². The quantitative estimate of drug-likeness (QED) is 0.125. The maximum atomic E-state index is 13.8. The highest BCUT2D eigenvalue weighted by atomic mass is 19.4. The van der Waals surface area contributed by atoms with Gasteiger partial charge < -0.3 is 30.8 Å². The number of aliphatic hydroxyl groups is 1. The summed E-state index contributed by atoms with van der Waals surface area (Å²) in [6, 6.07) is 6.35. The second-order valence-electron chi connectivity index (χ2n) is 9.69. The summed E-state index contributed by atoms with van der Waals surface area (Å²) in [5.74, 6) is -4.11. The summed E-state index contributed by atoms with van der Waals surface area (Å²) in [5, 5.41) is 15.3. The van der Waals surface area contributed by atoms with E-state index in [9.17, 15) is 57.9 Å². The van der Waals surface area contributed by atoms with Gasteiger partial charge in [-0.3, -0.25) is 9.59 Å². The number of hydrogen-bond acceptors (Lipinski definition) is 7. The van der Waals surface area contributed by atoms with E-state index in [-0.39, 0.29) is 22.4 Å². The number of aromatic amines is 1. The molecule has 2 amide bonds. The average molecular weight is 700 g/mol. The van der Waals surface area contributed by atoms with Gasteiger partial charge in [0, 0.05) is 12.2 Å². The molecule has 0 aliphatic carbocycles. The first-order valence-corrected chi connectivity index (χ1v) is 13.0. The molecule has 0 bridgehead atoms. The van der Waals surface area contributed by atoms with E-state index in [2.05, 4.69) is 25.6 Å². The Kier molecular flexibility index (Phi) is 10.0. The van der Waals surface area contributed by atoms with Crippen LogP contribution in [0.1, 0.15) is 27.0 Å². The number of pyridine rings is 1. The lowest BCUT2D eigenvalue weighted by atomic mass is 10.1. The van der Waals surface area contributed by atoms with E-state index >= 15 is 0 Å². The van der Waals surface area contributed by atoms with Crippen LogP contribution in [0.5, 0.6) is 5.88 Å². The summed E-state index contributed by atoms with van der Waals surface area (Å²) >= 11 is 0. The molecule has 1 atom stereocenters. The van der Waals surface area contributed by atoms with Crippen molar-refractivity contribution in [1.29, 1.82) is 0 Å². The van der Waals surface area contributed by atoms with Gasteiger partial charge >= 0.3 is 18.5 Å². The fourth-order valence-electron chi connectivity index (χ4n) is 3.95. The van der Waals surface area contributed by atoms with Gasteiger partial charge in [0.25, 0.3) is 18.2 Å². The lowest BCUT2D eigenvalue weighted by Crippen LogP contribution is -2.43. The number of alkyl halides is 11. The molecule has 2 aromatic heterocycles. The Morgan fingerprint density at radius 1 is 0.896 bits per heavy atom. The van der Waals surface area contributed by atoms with Gasteiger partial charge in [0.1, 0.15) is 5.56 Å². The number of rotatable bonds is 10. The van der Waals surface area contributed by atoms with Crippen molar-refractivity contribution in [3.63, 3.8) is 0 Å². The van der Waals surface area contributed by atoms with Crippen LogP contribution in [0, 0.1) is 0 Å².